The van der Waals surface area contributed by atoms with Gasteiger partial charge in [0, 0.05) is 0 Å². The molecule has 0 saturated carbocycles. The van der Waals surface area contributed by atoms with E-state index in [0.29, 0.717) is 0 Å². The first kappa shape index (κ1) is 18.7. The molecule has 3 nitrogen and oxygen atoms in total. The van der Waals surface area contributed by atoms with Crippen molar-refractivity contribution in [1.82, 2.24) is 4.90 Å². The van der Waals surface area contributed by atoms with Crippen LogP contribution < -0.4 is 48.0 Å². The Labute approximate surface area is 136 Å². The second-order valence-electron chi connectivity index (χ2n) is 4.58. The second kappa shape index (κ2) is 7.64. The van der Waals surface area contributed by atoms with Crippen LogP contribution in [0, 0.1) is 0 Å². The van der Waals surface area contributed by atoms with E-state index in [1.165, 1.54) is 18.3 Å². The van der Waals surface area contributed by atoms with E-state index in [-0.39, 0.29) is 59.6 Å². The minimum Gasteiger partial charge on any atom is -1.00 e. The van der Waals surface area contributed by atoms with Crippen molar-refractivity contribution in [3.8, 4) is 0 Å². The Morgan fingerprint density at radius 1 is 1.40 bits per heavy atom. The van der Waals surface area contributed by atoms with Gasteiger partial charge in [-0.25, -0.2) is 0 Å². The first-order chi connectivity index (χ1) is 5.88. The van der Waals surface area contributed by atoms with Crippen molar-refractivity contribution in [2.45, 2.75) is 37.3 Å². The molecule has 6 heteroatoms. The summed E-state index contributed by atoms with van der Waals surface area (Å²) >= 11 is 1.28. The van der Waals surface area contributed by atoms with Crippen LogP contribution in [0.3, 0.4) is 0 Å². The van der Waals surface area contributed by atoms with Gasteiger partial charge in [0.1, 0.15) is 0 Å². The quantitative estimate of drug-likeness (QED) is 0.257. The van der Waals surface area contributed by atoms with Crippen molar-refractivity contribution in [2.75, 3.05) is 13.1 Å². The summed E-state index contributed by atoms with van der Waals surface area (Å²) in [6.07, 6.45) is 1.00. The Bertz CT molecular complexity index is 209. The zero-order chi connectivity index (χ0) is 10.1. The summed E-state index contributed by atoms with van der Waals surface area (Å²) in [5.41, 5.74) is -0.362. The fraction of sp³-hybridized carbons (Fsp3) is 0.889. The van der Waals surface area contributed by atoms with Gasteiger partial charge in [-0.15, -0.1) is 0 Å². The van der Waals surface area contributed by atoms with Crippen LogP contribution in [0.1, 0.15) is 27.2 Å². The third-order valence-corrected chi connectivity index (χ3v) is 3.34. The Morgan fingerprint density at radius 3 is 2.27 bits per heavy atom. The fourth-order valence-electron chi connectivity index (χ4n) is 1.32. The van der Waals surface area contributed by atoms with Crippen LogP contribution in [0.4, 0.5) is 4.79 Å². The molecule has 0 spiro atoms. The molecule has 1 unspecified atom stereocenters. The summed E-state index contributed by atoms with van der Waals surface area (Å²) in [7, 11) is 0. The molecule has 1 atom stereocenters. The number of rotatable bonds is 0. The summed E-state index contributed by atoms with van der Waals surface area (Å²) in [5, 5.41) is 0. The smallest absolute Gasteiger partial charge is 1.00 e. The molecule has 0 radical (unpaired) electrons. The Morgan fingerprint density at radius 2 is 1.93 bits per heavy atom. The average molecular weight is 489 g/mol. The summed E-state index contributed by atoms with van der Waals surface area (Å²) in [4.78, 5) is 13.3. The van der Waals surface area contributed by atoms with E-state index >= 15 is 0 Å². The molecular weight excluding hydrogens is 473 g/mol. The first-order valence-corrected chi connectivity index (χ1v) is 6.41. The van der Waals surface area contributed by atoms with Gasteiger partial charge in [-0.05, 0) is 0 Å². The van der Waals surface area contributed by atoms with E-state index in [9.17, 15) is 4.79 Å². The third kappa shape index (κ3) is 7.31. The molecule has 1 aliphatic rings. The minimum atomic E-state index is -0.362. The van der Waals surface area contributed by atoms with Crippen molar-refractivity contribution in [1.29, 1.82) is 0 Å². The SMILES string of the molecule is CC(C)(C)OC(=O)N1CC[CH]([Zn+2])C1.[I-].[I-]. The van der Waals surface area contributed by atoms with E-state index in [1.54, 1.807) is 0 Å². The van der Waals surface area contributed by atoms with Gasteiger partial charge in [-0.1, -0.05) is 0 Å². The van der Waals surface area contributed by atoms with Gasteiger partial charge >= 0.3 is 89.2 Å². The second-order valence-corrected chi connectivity index (χ2v) is 7.00. The number of amides is 1. The van der Waals surface area contributed by atoms with Gasteiger partial charge in [-0.2, -0.15) is 0 Å². The van der Waals surface area contributed by atoms with Crippen LogP contribution in [0.25, 0.3) is 0 Å². The van der Waals surface area contributed by atoms with Gasteiger partial charge in [0.05, 0.1) is 0 Å². The standard InChI is InChI=1S/C9H16NO2.2HI.Zn/c1-9(2,3)12-8(11)10-6-4-5-7-10;;;/h4H,5-7H2,1-3H3;2*1H;/q;;;+2/p-2. The summed E-state index contributed by atoms with van der Waals surface area (Å²) in [6, 6.07) is 0. The monoisotopic (exact) mass is 488 g/mol. The van der Waals surface area contributed by atoms with Crippen molar-refractivity contribution < 1.29 is 75.8 Å². The van der Waals surface area contributed by atoms with Gasteiger partial charge in [0.15, 0.2) is 0 Å². The molecule has 1 fully saturated rings. The molecule has 0 aromatic heterocycles. The van der Waals surface area contributed by atoms with Crippen LogP contribution >= 0.6 is 0 Å². The predicted molar refractivity (Wildman–Crippen MR) is 46.2 cm³/mol. The zero-order valence-electron chi connectivity index (χ0n) is 9.43. The third-order valence-electron chi connectivity index (χ3n) is 1.94. The van der Waals surface area contributed by atoms with Gasteiger partial charge in [0.25, 0.3) is 0 Å². The maximum atomic E-state index is 11.5. The summed E-state index contributed by atoms with van der Waals surface area (Å²) in [5.74, 6) is 0. The largest absolute Gasteiger partial charge is 1.00 e. The van der Waals surface area contributed by atoms with E-state index in [1.807, 2.05) is 25.7 Å². The number of likely N-dealkylation sites (tertiary alicyclic amines) is 1. The Balaban J connectivity index is 0. The van der Waals surface area contributed by atoms with Crippen LogP contribution in [0.5, 0.6) is 0 Å². The maximum Gasteiger partial charge on any atom is -1.00 e. The summed E-state index contributed by atoms with van der Waals surface area (Å²) < 4.78 is 6.01. The minimum absolute atomic E-state index is 0. The van der Waals surface area contributed by atoms with E-state index < -0.39 is 0 Å². The number of ether oxygens (including phenoxy) is 1. The Kier molecular flexibility index (Phi) is 9.52. The number of carbonyl (C=O) groups is 1. The number of carbonyl (C=O) groups excluding carboxylic acids is 1. The Hall–Kier alpha value is 1.35. The topological polar surface area (TPSA) is 29.5 Å². The molecule has 0 N–H and O–H groups in total. The van der Waals surface area contributed by atoms with Gasteiger partial charge in [0.2, 0.25) is 0 Å². The molecule has 1 amide bonds. The molecule has 1 heterocycles. The van der Waals surface area contributed by atoms with E-state index in [4.69, 9.17) is 4.74 Å². The zero-order valence-corrected chi connectivity index (χ0v) is 16.7. The molecule has 0 bridgehead atoms. The molecular formula is C9H16I2NO2Zn. The van der Waals surface area contributed by atoms with Gasteiger partial charge in [-0.3, -0.25) is 0 Å². The van der Waals surface area contributed by atoms with Crippen molar-refractivity contribution in [2.24, 2.45) is 0 Å². The molecule has 1 rings (SSSR count). The molecule has 1 saturated heterocycles. The number of hydrogen-bond acceptors (Lipinski definition) is 2. The van der Waals surface area contributed by atoms with Crippen LogP contribution in [0.2, 0.25) is 4.51 Å². The number of nitrogens with zero attached hydrogens (tertiary/aromatic N) is 1. The van der Waals surface area contributed by atoms with Gasteiger partial charge < -0.3 is 48.0 Å². The predicted octanol–water partition coefficient (Wildman–Crippen LogP) is -4.03. The first-order valence-electron chi connectivity index (χ1n) is 4.69. The molecule has 15 heavy (non-hydrogen) atoms. The van der Waals surface area contributed by atoms with E-state index in [2.05, 4.69) is 0 Å². The van der Waals surface area contributed by atoms with Crippen molar-refractivity contribution in [3.63, 3.8) is 0 Å². The molecule has 0 aliphatic carbocycles. The maximum absolute atomic E-state index is 11.5. The van der Waals surface area contributed by atoms with Crippen LogP contribution in [-0.2, 0) is 23.0 Å². The fourth-order valence-corrected chi connectivity index (χ4v) is 2.36. The normalized spacial score (nSPS) is 20.3. The molecule has 0 aromatic rings. The van der Waals surface area contributed by atoms with Crippen molar-refractivity contribution >= 4 is 6.09 Å². The summed E-state index contributed by atoms with van der Waals surface area (Å²) in [6.45, 7) is 7.48. The van der Waals surface area contributed by atoms with Crippen LogP contribution in [0.15, 0.2) is 0 Å². The average Bonchev–Trinajstić information content (AvgIpc) is 2.31. The van der Waals surface area contributed by atoms with Crippen molar-refractivity contribution in [3.05, 3.63) is 0 Å². The molecule has 0 aromatic carbocycles. The number of halogens is 2. The van der Waals surface area contributed by atoms with E-state index in [0.717, 1.165) is 24.0 Å². The molecule has 1 aliphatic heterocycles. The van der Waals surface area contributed by atoms with Crippen LogP contribution in [-0.4, -0.2) is 29.7 Å². The number of hydrogen-bond donors (Lipinski definition) is 0. The molecule has 85 valence electrons.